The Morgan fingerprint density at radius 3 is 2.75 bits per heavy atom. The van der Waals surface area contributed by atoms with Gasteiger partial charge in [0.25, 0.3) is 0 Å². The third kappa shape index (κ3) is 4.42. The van der Waals surface area contributed by atoms with Crippen LogP contribution in [0.15, 0.2) is 48.8 Å². The van der Waals surface area contributed by atoms with Gasteiger partial charge >= 0.3 is 0 Å². The number of ether oxygens (including phenoxy) is 1. The minimum atomic E-state index is -0.274. The SMILES string of the molecule is CCNc1cc(-c2cc(NCCn3c(C)cc4c(OC)ccc(F)c43)ncn2)ccc1-c1nn[nH]n1. The van der Waals surface area contributed by atoms with Crippen LogP contribution in [0.5, 0.6) is 5.75 Å². The number of aryl methyl sites for hydroxylation is 1. The quantitative estimate of drug-likeness (QED) is 0.282. The Kier molecular flexibility index (Phi) is 6.44. The van der Waals surface area contributed by atoms with Crippen molar-refractivity contribution >= 4 is 22.4 Å². The number of tetrazole rings is 1. The molecule has 0 aliphatic carbocycles. The van der Waals surface area contributed by atoms with Gasteiger partial charge < -0.3 is 19.9 Å². The molecule has 184 valence electrons. The summed E-state index contributed by atoms with van der Waals surface area (Å²) in [5.74, 6) is 1.58. The van der Waals surface area contributed by atoms with Crippen LogP contribution >= 0.6 is 0 Å². The van der Waals surface area contributed by atoms with Crippen molar-refractivity contribution < 1.29 is 9.13 Å². The summed E-state index contributed by atoms with van der Waals surface area (Å²) in [6, 6.07) is 12.8. The molecule has 0 unspecified atom stereocenters. The summed E-state index contributed by atoms with van der Waals surface area (Å²) in [6.07, 6.45) is 1.53. The molecular weight excluding hydrogens is 461 g/mol. The average Bonchev–Trinajstić information content (AvgIpc) is 3.54. The first-order valence-electron chi connectivity index (χ1n) is 11.6. The Morgan fingerprint density at radius 1 is 1.08 bits per heavy atom. The third-order valence-corrected chi connectivity index (χ3v) is 5.97. The topological polar surface area (TPSA) is 118 Å². The van der Waals surface area contributed by atoms with Crippen molar-refractivity contribution in [2.24, 2.45) is 0 Å². The normalized spacial score (nSPS) is 11.1. The highest BCUT2D eigenvalue weighted by Crippen LogP contribution is 2.32. The zero-order valence-electron chi connectivity index (χ0n) is 20.2. The predicted octanol–water partition coefficient (Wildman–Crippen LogP) is 4.28. The molecule has 11 heteroatoms. The molecule has 5 aromatic rings. The van der Waals surface area contributed by atoms with Gasteiger partial charge in [0.2, 0.25) is 5.82 Å². The molecule has 0 aliphatic rings. The molecule has 5 rings (SSSR count). The zero-order chi connectivity index (χ0) is 25.1. The van der Waals surface area contributed by atoms with Crippen molar-refractivity contribution in [3.8, 4) is 28.4 Å². The van der Waals surface area contributed by atoms with Crippen molar-refractivity contribution in [2.45, 2.75) is 20.4 Å². The van der Waals surface area contributed by atoms with Crippen LogP contribution in [0.3, 0.4) is 0 Å². The van der Waals surface area contributed by atoms with Crippen molar-refractivity contribution in [3.05, 3.63) is 60.3 Å². The van der Waals surface area contributed by atoms with Gasteiger partial charge in [0, 0.05) is 53.6 Å². The molecule has 0 radical (unpaired) electrons. The van der Waals surface area contributed by atoms with E-state index in [1.807, 2.05) is 48.7 Å². The summed E-state index contributed by atoms with van der Waals surface area (Å²) in [7, 11) is 1.59. The van der Waals surface area contributed by atoms with E-state index >= 15 is 0 Å². The van der Waals surface area contributed by atoms with E-state index in [4.69, 9.17) is 4.74 Å². The van der Waals surface area contributed by atoms with Crippen LogP contribution in [-0.2, 0) is 6.54 Å². The fourth-order valence-electron chi connectivity index (χ4n) is 4.32. The lowest BCUT2D eigenvalue weighted by Gasteiger charge is -2.13. The Morgan fingerprint density at radius 2 is 1.97 bits per heavy atom. The van der Waals surface area contributed by atoms with E-state index in [0.29, 0.717) is 36.0 Å². The summed E-state index contributed by atoms with van der Waals surface area (Å²) in [4.78, 5) is 8.81. The molecule has 0 aliphatic heterocycles. The van der Waals surface area contributed by atoms with E-state index in [2.05, 4.69) is 41.2 Å². The molecule has 3 N–H and O–H groups in total. The van der Waals surface area contributed by atoms with E-state index in [1.54, 1.807) is 13.2 Å². The number of methoxy groups -OCH3 is 1. The lowest BCUT2D eigenvalue weighted by molar-refractivity contribution is 0.419. The molecule has 0 saturated carbocycles. The number of aromatic amines is 1. The zero-order valence-corrected chi connectivity index (χ0v) is 20.2. The van der Waals surface area contributed by atoms with Gasteiger partial charge in [0.1, 0.15) is 23.7 Å². The molecule has 36 heavy (non-hydrogen) atoms. The number of halogens is 1. The van der Waals surface area contributed by atoms with Crippen LogP contribution in [0.2, 0.25) is 0 Å². The molecular formula is C25H26FN9O. The minimum absolute atomic E-state index is 0.274. The first-order chi connectivity index (χ1) is 17.6. The maximum absolute atomic E-state index is 14.6. The Hall–Kier alpha value is -4.54. The van der Waals surface area contributed by atoms with Gasteiger partial charge in [0.15, 0.2) is 0 Å². The van der Waals surface area contributed by atoms with Crippen LogP contribution in [0.1, 0.15) is 12.6 Å². The molecule has 0 atom stereocenters. The number of aromatic nitrogens is 7. The number of nitrogens with one attached hydrogen (secondary N) is 3. The highest BCUT2D eigenvalue weighted by molar-refractivity contribution is 5.88. The number of H-pyrrole nitrogens is 1. The van der Waals surface area contributed by atoms with E-state index in [0.717, 1.165) is 40.1 Å². The second-order valence-corrected chi connectivity index (χ2v) is 8.19. The van der Waals surface area contributed by atoms with Gasteiger partial charge in [-0.3, -0.25) is 0 Å². The van der Waals surface area contributed by atoms with Crippen LogP contribution < -0.4 is 15.4 Å². The molecule has 0 bridgehead atoms. The summed E-state index contributed by atoms with van der Waals surface area (Å²) < 4.78 is 22.0. The summed E-state index contributed by atoms with van der Waals surface area (Å²) in [5.41, 5.74) is 4.91. The van der Waals surface area contributed by atoms with E-state index < -0.39 is 0 Å². The standard InChI is InChI=1S/C25H26FN9O/c1-4-27-21-12-16(5-6-17(21)25-31-33-34-32-25)20-13-23(30-14-29-20)28-9-10-35-15(2)11-18-22(36-3)8-7-19(26)24(18)35/h5-8,11-14,27H,4,9-10H2,1-3H3,(H,28,29,30)(H,31,32,33,34). The van der Waals surface area contributed by atoms with Crippen LogP contribution in [0, 0.1) is 12.7 Å². The fraction of sp³-hybridized carbons (Fsp3) is 0.240. The van der Waals surface area contributed by atoms with Gasteiger partial charge in [-0.2, -0.15) is 5.21 Å². The molecule has 0 fully saturated rings. The Balaban J connectivity index is 1.35. The number of rotatable bonds is 9. The molecule has 2 aromatic carbocycles. The van der Waals surface area contributed by atoms with E-state index in [1.165, 1.54) is 12.4 Å². The molecule has 0 amide bonds. The first kappa shape index (κ1) is 23.2. The summed E-state index contributed by atoms with van der Waals surface area (Å²) >= 11 is 0. The summed E-state index contributed by atoms with van der Waals surface area (Å²) in [5, 5.41) is 21.8. The molecule has 3 aromatic heterocycles. The number of nitrogens with zero attached hydrogens (tertiary/aromatic N) is 6. The van der Waals surface area contributed by atoms with Gasteiger partial charge in [-0.15, -0.1) is 10.2 Å². The lowest BCUT2D eigenvalue weighted by atomic mass is 10.1. The number of benzene rings is 2. The van der Waals surface area contributed by atoms with Crippen molar-refractivity contribution in [2.75, 3.05) is 30.8 Å². The van der Waals surface area contributed by atoms with E-state index in [9.17, 15) is 4.39 Å². The fourth-order valence-corrected chi connectivity index (χ4v) is 4.32. The second kappa shape index (κ2) is 9.98. The van der Waals surface area contributed by atoms with Crippen molar-refractivity contribution in [3.63, 3.8) is 0 Å². The van der Waals surface area contributed by atoms with Gasteiger partial charge in [-0.25, -0.2) is 14.4 Å². The van der Waals surface area contributed by atoms with Crippen molar-refractivity contribution in [1.82, 2.24) is 35.2 Å². The minimum Gasteiger partial charge on any atom is -0.496 e. The third-order valence-electron chi connectivity index (χ3n) is 5.97. The maximum Gasteiger partial charge on any atom is 0.206 e. The smallest absolute Gasteiger partial charge is 0.206 e. The monoisotopic (exact) mass is 487 g/mol. The first-order valence-corrected chi connectivity index (χ1v) is 11.6. The highest BCUT2D eigenvalue weighted by Gasteiger charge is 2.15. The molecule has 0 spiro atoms. The maximum atomic E-state index is 14.6. The molecule has 0 saturated heterocycles. The number of hydrogen-bond acceptors (Lipinski definition) is 8. The number of anilines is 2. The molecule has 3 heterocycles. The van der Waals surface area contributed by atoms with Crippen LogP contribution in [-0.4, -0.2) is 55.4 Å². The van der Waals surface area contributed by atoms with Crippen LogP contribution in [0.4, 0.5) is 15.9 Å². The number of hydrogen-bond donors (Lipinski definition) is 3. The van der Waals surface area contributed by atoms with Gasteiger partial charge in [-0.1, -0.05) is 6.07 Å². The summed E-state index contributed by atoms with van der Waals surface area (Å²) in [6.45, 7) is 5.84. The number of fused-ring (bicyclic) bond motifs is 1. The predicted molar refractivity (Wildman–Crippen MR) is 136 cm³/mol. The second-order valence-electron chi connectivity index (χ2n) is 8.19. The van der Waals surface area contributed by atoms with Crippen molar-refractivity contribution in [1.29, 1.82) is 0 Å². The lowest BCUT2D eigenvalue weighted by Crippen LogP contribution is -2.13. The largest absolute Gasteiger partial charge is 0.496 e. The highest BCUT2D eigenvalue weighted by atomic mass is 19.1. The van der Waals surface area contributed by atoms with Crippen LogP contribution in [0.25, 0.3) is 33.5 Å². The van der Waals surface area contributed by atoms with E-state index in [-0.39, 0.29) is 5.82 Å². The molecule has 10 nitrogen and oxygen atoms in total. The Bertz CT molecular complexity index is 1500. The average molecular weight is 488 g/mol. The Labute approximate surface area is 206 Å². The van der Waals surface area contributed by atoms with Gasteiger partial charge in [-0.05, 0) is 49.4 Å². The van der Waals surface area contributed by atoms with Gasteiger partial charge in [0.05, 0.1) is 18.3 Å².